The molecule has 6 heteroatoms. The number of carbonyl (C=O) groups is 1. The van der Waals surface area contributed by atoms with E-state index < -0.39 is 11.5 Å². The Labute approximate surface area is 73.4 Å². The summed E-state index contributed by atoms with van der Waals surface area (Å²) in [5.41, 5.74) is 0.117. The highest BCUT2D eigenvalue weighted by Gasteiger charge is 2.24. The number of hydrogen-bond donors (Lipinski definition) is 2. The monoisotopic (exact) mass is 187 g/mol. The van der Waals surface area contributed by atoms with Crippen molar-refractivity contribution in [3.05, 3.63) is 5.51 Å². The number of aromatic nitrogens is 2. The molecular formula is C6H9N3O2S. The van der Waals surface area contributed by atoms with Crippen LogP contribution in [0.2, 0.25) is 0 Å². The van der Waals surface area contributed by atoms with Gasteiger partial charge in [0.2, 0.25) is 5.13 Å². The van der Waals surface area contributed by atoms with Crippen molar-refractivity contribution in [3.8, 4) is 0 Å². The average molecular weight is 187 g/mol. The van der Waals surface area contributed by atoms with E-state index in [0.717, 1.165) is 0 Å². The van der Waals surface area contributed by atoms with E-state index in [1.807, 2.05) is 0 Å². The summed E-state index contributed by atoms with van der Waals surface area (Å²) in [6.45, 7) is 2.81. The minimum atomic E-state index is -1.38. The summed E-state index contributed by atoms with van der Waals surface area (Å²) in [5, 5.41) is 19.2. The van der Waals surface area contributed by atoms with Crippen LogP contribution in [0.1, 0.15) is 13.8 Å². The summed E-state index contributed by atoms with van der Waals surface area (Å²) in [4.78, 5) is 11.1. The van der Waals surface area contributed by atoms with Crippen LogP contribution in [-0.2, 0) is 4.79 Å². The zero-order valence-corrected chi connectivity index (χ0v) is 7.55. The number of aliphatic hydroxyl groups is 1. The first-order valence-electron chi connectivity index (χ1n) is 3.30. The Kier molecular flexibility index (Phi) is 2.39. The molecule has 0 spiro atoms. The predicted octanol–water partition coefficient (Wildman–Crippen LogP) is 0.247. The molecule has 0 saturated carbocycles. The van der Waals surface area contributed by atoms with Crippen LogP contribution in [0, 0.1) is 0 Å². The van der Waals surface area contributed by atoms with Crippen molar-refractivity contribution >= 4 is 22.4 Å². The molecule has 1 aromatic rings. The molecule has 0 aliphatic rings. The SMILES string of the molecule is CC(C)(O)C(=O)Nc1nncs1. The molecule has 0 radical (unpaired) electrons. The molecule has 0 aromatic carbocycles. The highest BCUT2D eigenvalue weighted by atomic mass is 32.1. The predicted molar refractivity (Wildman–Crippen MR) is 44.8 cm³/mol. The van der Waals surface area contributed by atoms with E-state index >= 15 is 0 Å². The average Bonchev–Trinajstić information content (AvgIpc) is 2.37. The van der Waals surface area contributed by atoms with Crippen molar-refractivity contribution in [1.29, 1.82) is 0 Å². The van der Waals surface area contributed by atoms with Gasteiger partial charge in [0.25, 0.3) is 5.91 Å². The molecule has 12 heavy (non-hydrogen) atoms. The molecule has 0 atom stereocenters. The summed E-state index contributed by atoms with van der Waals surface area (Å²) in [6, 6.07) is 0. The van der Waals surface area contributed by atoms with Crippen LogP contribution in [-0.4, -0.2) is 26.8 Å². The van der Waals surface area contributed by atoms with Crippen LogP contribution >= 0.6 is 11.3 Å². The highest BCUT2D eigenvalue weighted by molar-refractivity contribution is 7.13. The Morgan fingerprint density at radius 2 is 2.42 bits per heavy atom. The smallest absolute Gasteiger partial charge is 0.257 e. The van der Waals surface area contributed by atoms with Gasteiger partial charge in [-0.25, -0.2) is 0 Å². The third-order valence-corrected chi connectivity index (χ3v) is 1.74. The fourth-order valence-corrected chi connectivity index (χ4v) is 0.918. The van der Waals surface area contributed by atoms with E-state index in [4.69, 9.17) is 0 Å². The normalized spacial score (nSPS) is 11.2. The molecule has 0 aliphatic carbocycles. The topological polar surface area (TPSA) is 75.1 Å². The van der Waals surface area contributed by atoms with Gasteiger partial charge in [-0.1, -0.05) is 11.3 Å². The molecule has 0 aliphatic heterocycles. The molecule has 66 valence electrons. The first-order chi connectivity index (χ1) is 5.50. The number of nitrogens with zero attached hydrogens (tertiary/aromatic N) is 2. The maximum absolute atomic E-state index is 11.1. The molecule has 0 unspecified atom stereocenters. The van der Waals surface area contributed by atoms with E-state index in [-0.39, 0.29) is 0 Å². The first-order valence-corrected chi connectivity index (χ1v) is 4.18. The van der Waals surface area contributed by atoms with E-state index in [2.05, 4.69) is 15.5 Å². The van der Waals surface area contributed by atoms with Gasteiger partial charge >= 0.3 is 0 Å². The molecule has 0 bridgehead atoms. The third-order valence-electron chi connectivity index (χ3n) is 1.14. The minimum absolute atomic E-state index is 0.391. The molecule has 1 aromatic heterocycles. The summed E-state index contributed by atoms with van der Waals surface area (Å²) in [5.74, 6) is -0.487. The lowest BCUT2D eigenvalue weighted by Crippen LogP contribution is -2.36. The lowest BCUT2D eigenvalue weighted by molar-refractivity contribution is -0.130. The first kappa shape index (κ1) is 9.08. The van der Waals surface area contributed by atoms with Crippen molar-refractivity contribution in [2.75, 3.05) is 5.32 Å². The van der Waals surface area contributed by atoms with E-state index in [9.17, 15) is 9.90 Å². The lowest BCUT2D eigenvalue weighted by atomic mass is 10.1. The molecule has 1 rings (SSSR count). The maximum Gasteiger partial charge on any atom is 0.257 e. The maximum atomic E-state index is 11.1. The molecule has 2 N–H and O–H groups in total. The van der Waals surface area contributed by atoms with Crippen molar-refractivity contribution in [3.63, 3.8) is 0 Å². The molecule has 0 saturated heterocycles. The number of carbonyl (C=O) groups excluding carboxylic acids is 1. The second kappa shape index (κ2) is 3.16. The second-order valence-electron chi connectivity index (χ2n) is 2.76. The summed E-state index contributed by atoms with van der Waals surface area (Å²) >= 11 is 1.20. The van der Waals surface area contributed by atoms with Crippen molar-refractivity contribution in [1.82, 2.24) is 10.2 Å². The second-order valence-corrected chi connectivity index (χ2v) is 3.59. The van der Waals surface area contributed by atoms with Gasteiger partial charge in [-0.15, -0.1) is 10.2 Å². The number of rotatable bonds is 2. The Bertz CT molecular complexity index is 265. The van der Waals surface area contributed by atoms with Crippen LogP contribution in [0.3, 0.4) is 0 Å². The molecule has 1 heterocycles. The number of anilines is 1. The fraction of sp³-hybridized carbons (Fsp3) is 0.500. The zero-order valence-electron chi connectivity index (χ0n) is 6.74. The standard InChI is InChI=1S/C6H9N3O2S/c1-6(2,11)4(10)8-5-9-7-3-12-5/h3,11H,1-2H3,(H,8,9,10). The number of nitrogens with one attached hydrogen (secondary N) is 1. The molecular weight excluding hydrogens is 178 g/mol. The van der Waals surface area contributed by atoms with Crippen LogP contribution in [0.4, 0.5) is 5.13 Å². The minimum Gasteiger partial charge on any atom is -0.381 e. The van der Waals surface area contributed by atoms with Gasteiger partial charge in [0, 0.05) is 0 Å². The van der Waals surface area contributed by atoms with Gasteiger partial charge in [-0.2, -0.15) is 0 Å². The number of amides is 1. The summed E-state index contributed by atoms with van der Waals surface area (Å²) in [6.07, 6.45) is 0. The highest BCUT2D eigenvalue weighted by Crippen LogP contribution is 2.11. The van der Waals surface area contributed by atoms with Gasteiger partial charge < -0.3 is 5.11 Å². The van der Waals surface area contributed by atoms with Crippen LogP contribution in [0.25, 0.3) is 0 Å². The van der Waals surface area contributed by atoms with Crippen LogP contribution in [0.5, 0.6) is 0 Å². The molecule has 5 nitrogen and oxygen atoms in total. The van der Waals surface area contributed by atoms with Crippen LogP contribution < -0.4 is 5.32 Å². The van der Waals surface area contributed by atoms with Gasteiger partial charge in [-0.05, 0) is 13.8 Å². The van der Waals surface area contributed by atoms with Crippen molar-refractivity contribution < 1.29 is 9.90 Å². The Balaban J connectivity index is 2.60. The Hall–Kier alpha value is -1.01. The molecule has 0 fully saturated rings. The van der Waals surface area contributed by atoms with Gasteiger partial charge in [0.15, 0.2) is 0 Å². The summed E-state index contributed by atoms with van der Waals surface area (Å²) < 4.78 is 0. The third kappa shape index (κ3) is 2.24. The van der Waals surface area contributed by atoms with E-state index in [0.29, 0.717) is 5.13 Å². The lowest BCUT2D eigenvalue weighted by Gasteiger charge is -2.14. The van der Waals surface area contributed by atoms with Crippen molar-refractivity contribution in [2.45, 2.75) is 19.4 Å². The van der Waals surface area contributed by atoms with Crippen LogP contribution in [0.15, 0.2) is 5.51 Å². The van der Waals surface area contributed by atoms with E-state index in [1.54, 1.807) is 0 Å². The van der Waals surface area contributed by atoms with Gasteiger partial charge in [0.05, 0.1) is 0 Å². The largest absolute Gasteiger partial charge is 0.381 e. The summed E-state index contributed by atoms with van der Waals surface area (Å²) in [7, 11) is 0. The molecule has 1 amide bonds. The van der Waals surface area contributed by atoms with Gasteiger partial charge in [0.1, 0.15) is 11.1 Å². The number of hydrogen-bond acceptors (Lipinski definition) is 5. The van der Waals surface area contributed by atoms with E-state index in [1.165, 1.54) is 30.7 Å². The Morgan fingerprint density at radius 1 is 1.75 bits per heavy atom. The Morgan fingerprint density at radius 3 is 2.83 bits per heavy atom. The fourth-order valence-electron chi connectivity index (χ4n) is 0.478. The quantitative estimate of drug-likeness (QED) is 0.695. The zero-order chi connectivity index (χ0) is 9.19. The van der Waals surface area contributed by atoms with Crippen molar-refractivity contribution in [2.24, 2.45) is 0 Å². The van der Waals surface area contributed by atoms with Gasteiger partial charge in [-0.3, -0.25) is 10.1 Å².